The molecular formula is C22H20F2N8O. The number of rotatable bonds is 4. The molecular weight excluding hydrogens is 430 g/mol. The van der Waals surface area contributed by atoms with Crippen molar-refractivity contribution in [3.05, 3.63) is 60.3 Å². The molecule has 1 saturated heterocycles. The van der Waals surface area contributed by atoms with Gasteiger partial charge in [-0.3, -0.25) is 9.78 Å². The number of carbonyl (C=O) groups is 1. The van der Waals surface area contributed by atoms with E-state index in [0.717, 1.165) is 12.1 Å². The fourth-order valence-corrected chi connectivity index (χ4v) is 3.97. The first-order valence-corrected chi connectivity index (χ1v) is 10.3. The molecule has 33 heavy (non-hydrogen) atoms. The molecule has 1 aliphatic heterocycles. The summed E-state index contributed by atoms with van der Waals surface area (Å²) in [6.45, 7) is 0.637. The zero-order valence-electron chi connectivity index (χ0n) is 17.4. The Balaban J connectivity index is 1.62. The number of aromatic nitrogens is 5. The number of halogens is 2. The van der Waals surface area contributed by atoms with Crippen LogP contribution in [0.1, 0.15) is 18.4 Å². The van der Waals surface area contributed by atoms with Crippen molar-refractivity contribution in [2.45, 2.75) is 25.4 Å². The highest BCUT2D eigenvalue weighted by Gasteiger charge is 2.27. The highest BCUT2D eigenvalue weighted by atomic mass is 19.2. The molecule has 11 heteroatoms. The van der Waals surface area contributed by atoms with Gasteiger partial charge in [0.15, 0.2) is 23.1 Å². The molecule has 9 nitrogen and oxygen atoms in total. The number of nitrogen functional groups attached to an aromatic ring is 1. The Morgan fingerprint density at radius 2 is 1.94 bits per heavy atom. The van der Waals surface area contributed by atoms with E-state index < -0.39 is 11.6 Å². The maximum atomic E-state index is 13.8. The molecule has 0 aliphatic carbocycles. The second-order valence-corrected chi connectivity index (χ2v) is 7.93. The van der Waals surface area contributed by atoms with Crippen LogP contribution < -0.4 is 16.4 Å². The van der Waals surface area contributed by atoms with E-state index in [9.17, 15) is 13.6 Å². The average molecular weight is 450 g/mol. The largest absolute Gasteiger partial charge is 0.382 e. The SMILES string of the molecule is Nc1ncnc2c1ncn2Cc1cc(-c2ccc(F)c(F)c2)ncc1N1C[C@H](N)CCC1=O. The van der Waals surface area contributed by atoms with Crippen LogP contribution in [0.15, 0.2) is 43.1 Å². The van der Waals surface area contributed by atoms with Crippen LogP contribution in [0.5, 0.6) is 0 Å². The molecule has 4 N–H and O–H groups in total. The summed E-state index contributed by atoms with van der Waals surface area (Å²) in [6.07, 6.45) is 5.45. The normalized spacial score (nSPS) is 16.5. The topological polar surface area (TPSA) is 129 Å². The number of nitrogens with zero attached hydrogens (tertiary/aromatic N) is 6. The van der Waals surface area contributed by atoms with Crippen molar-refractivity contribution in [1.82, 2.24) is 24.5 Å². The number of anilines is 2. The lowest BCUT2D eigenvalue weighted by molar-refractivity contribution is -0.119. The molecule has 4 heterocycles. The highest BCUT2D eigenvalue weighted by Crippen LogP contribution is 2.30. The number of hydrogen-bond donors (Lipinski definition) is 2. The van der Waals surface area contributed by atoms with Gasteiger partial charge in [0.1, 0.15) is 11.8 Å². The summed E-state index contributed by atoms with van der Waals surface area (Å²) in [5, 5.41) is 0. The van der Waals surface area contributed by atoms with Gasteiger partial charge in [0.05, 0.1) is 30.5 Å². The molecule has 1 atom stereocenters. The minimum Gasteiger partial charge on any atom is -0.382 e. The molecule has 5 rings (SSSR count). The standard InChI is InChI=1S/C22H20F2N8O/c23-15-3-1-12(5-16(15)24)17-6-13(8-31-11-30-20-21(26)28-10-29-22(20)31)18(7-27-17)32-9-14(25)2-4-19(32)33/h1,3,5-7,10-11,14H,2,4,8-9,25H2,(H2,26,28,29)/t14-/m1/s1. The molecule has 0 bridgehead atoms. The van der Waals surface area contributed by atoms with E-state index in [2.05, 4.69) is 19.9 Å². The highest BCUT2D eigenvalue weighted by molar-refractivity contribution is 5.95. The molecule has 0 unspecified atom stereocenters. The Morgan fingerprint density at radius 3 is 2.76 bits per heavy atom. The van der Waals surface area contributed by atoms with Crippen molar-refractivity contribution >= 4 is 28.6 Å². The molecule has 168 valence electrons. The zero-order valence-corrected chi connectivity index (χ0v) is 17.4. The van der Waals surface area contributed by atoms with Gasteiger partial charge in [-0.25, -0.2) is 23.7 Å². The summed E-state index contributed by atoms with van der Waals surface area (Å²) in [5.41, 5.74) is 15.1. The van der Waals surface area contributed by atoms with Gasteiger partial charge in [0.25, 0.3) is 0 Å². The zero-order chi connectivity index (χ0) is 23.1. The Hall–Kier alpha value is -3.99. The number of amides is 1. The van der Waals surface area contributed by atoms with E-state index in [1.807, 2.05) is 0 Å². The van der Waals surface area contributed by atoms with Gasteiger partial charge in [-0.2, -0.15) is 0 Å². The summed E-state index contributed by atoms with van der Waals surface area (Å²) < 4.78 is 29.0. The minimum absolute atomic E-state index is 0.0533. The third-order valence-corrected chi connectivity index (χ3v) is 5.69. The Kier molecular flexibility index (Phi) is 5.17. The summed E-state index contributed by atoms with van der Waals surface area (Å²) in [4.78, 5) is 31.2. The lowest BCUT2D eigenvalue weighted by Crippen LogP contribution is -2.46. The number of pyridine rings is 1. The number of nitrogens with two attached hydrogens (primary N) is 2. The van der Waals surface area contributed by atoms with E-state index in [1.54, 1.807) is 28.1 Å². The van der Waals surface area contributed by atoms with Gasteiger partial charge in [-0.1, -0.05) is 0 Å². The van der Waals surface area contributed by atoms with Gasteiger partial charge in [0.2, 0.25) is 5.91 Å². The number of fused-ring (bicyclic) bond motifs is 1. The predicted octanol–water partition coefficient (Wildman–Crippen LogP) is 2.25. The minimum atomic E-state index is -0.968. The summed E-state index contributed by atoms with van der Waals surface area (Å²) in [5.74, 6) is -1.70. The molecule has 0 radical (unpaired) electrons. The summed E-state index contributed by atoms with van der Waals surface area (Å²) >= 11 is 0. The Morgan fingerprint density at radius 1 is 1.09 bits per heavy atom. The van der Waals surface area contributed by atoms with Crippen molar-refractivity contribution in [3.8, 4) is 11.3 Å². The molecule has 1 aromatic carbocycles. The number of hydrogen-bond acceptors (Lipinski definition) is 7. The quantitative estimate of drug-likeness (QED) is 0.488. The van der Waals surface area contributed by atoms with Crippen LogP contribution in [0.4, 0.5) is 20.3 Å². The Bertz CT molecular complexity index is 1370. The van der Waals surface area contributed by atoms with E-state index in [4.69, 9.17) is 11.5 Å². The molecule has 1 fully saturated rings. The molecule has 0 spiro atoms. The number of carbonyl (C=O) groups excluding carboxylic acids is 1. The van der Waals surface area contributed by atoms with E-state index in [0.29, 0.717) is 53.1 Å². The van der Waals surface area contributed by atoms with Gasteiger partial charge < -0.3 is 20.9 Å². The van der Waals surface area contributed by atoms with E-state index in [-0.39, 0.29) is 24.3 Å². The fourth-order valence-electron chi connectivity index (χ4n) is 3.97. The second-order valence-electron chi connectivity index (χ2n) is 7.93. The molecule has 0 saturated carbocycles. The lowest BCUT2D eigenvalue weighted by atomic mass is 10.0. The first kappa shape index (κ1) is 20.9. The van der Waals surface area contributed by atoms with Gasteiger partial charge >= 0.3 is 0 Å². The maximum absolute atomic E-state index is 13.8. The van der Waals surface area contributed by atoms with E-state index in [1.165, 1.54) is 12.4 Å². The van der Waals surface area contributed by atoms with E-state index >= 15 is 0 Å². The van der Waals surface area contributed by atoms with Crippen molar-refractivity contribution in [2.75, 3.05) is 17.2 Å². The van der Waals surface area contributed by atoms with Crippen LogP contribution in [0.2, 0.25) is 0 Å². The van der Waals surface area contributed by atoms with Crippen LogP contribution in [0, 0.1) is 11.6 Å². The number of benzene rings is 1. The average Bonchev–Trinajstić information content (AvgIpc) is 3.21. The third kappa shape index (κ3) is 3.87. The predicted molar refractivity (Wildman–Crippen MR) is 118 cm³/mol. The summed E-state index contributed by atoms with van der Waals surface area (Å²) in [6, 6.07) is 5.18. The molecule has 3 aromatic heterocycles. The van der Waals surface area contributed by atoms with Crippen molar-refractivity contribution in [1.29, 1.82) is 0 Å². The van der Waals surface area contributed by atoms with Crippen LogP contribution >= 0.6 is 0 Å². The van der Waals surface area contributed by atoms with Gasteiger partial charge in [-0.05, 0) is 36.2 Å². The van der Waals surface area contributed by atoms with Crippen molar-refractivity contribution < 1.29 is 13.6 Å². The Labute approximate surface area is 187 Å². The lowest BCUT2D eigenvalue weighted by Gasteiger charge is -2.32. The van der Waals surface area contributed by atoms with Crippen molar-refractivity contribution in [2.24, 2.45) is 5.73 Å². The molecule has 4 aromatic rings. The third-order valence-electron chi connectivity index (χ3n) is 5.69. The first-order chi connectivity index (χ1) is 15.9. The van der Waals surface area contributed by atoms with Gasteiger partial charge in [-0.15, -0.1) is 0 Å². The molecule has 1 aliphatic rings. The van der Waals surface area contributed by atoms with Gasteiger partial charge in [0, 0.05) is 24.6 Å². The van der Waals surface area contributed by atoms with Crippen LogP contribution in [0.3, 0.4) is 0 Å². The smallest absolute Gasteiger partial charge is 0.227 e. The van der Waals surface area contributed by atoms with Crippen LogP contribution in [-0.4, -0.2) is 43.0 Å². The number of imidazole rings is 1. The van der Waals surface area contributed by atoms with Crippen LogP contribution in [0.25, 0.3) is 22.4 Å². The maximum Gasteiger partial charge on any atom is 0.227 e. The first-order valence-electron chi connectivity index (χ1n) is 10.3. The monoisotopic (exact) mass is 450 g/mol. The second kappa shape index (κ2) is 8.17. The summed E-state index contributed by atoms with van der Waals surface area (Å²) in [7, 11) is 0. The number of piperidine rings is 1. The fraction of sp³-hybridized carbons (Fsp3) is 0.227. The van der Waals surface area contributed by atoms with Crippen molar-refractivity contribution in [3.63, 3.8) is 0 Å². The molecule has 1 amide bonds. The van der Waals surface area contributed by atoms with Crippen LogP contribution in [-0.2, 0) is 11.3 Å².